The highest BCUT2D eigenvalue weighted by Crippen LogP contribution is 2.33. The number of alkyl halides is 1. The molecule has 2 aliphatic rings. The van der Waals surface area contributed by atoms with Crippen LogP contribution in [-0.4, -0.2) is 78.1 Å². The average molecular weight is 528 g/mol. The molecule has 0 bridgehead atoms. The lowest BCUT2D eigenvalue weighted by Crippen LogP contribution is -2.22. The largest absolute Gasteiger partial charge is 0.388 e. The Balaban J connectivity index is 1.28. The molecule has 37 heavy (non-hydrogen) atoms. The van der Waals surface area contributed by atoms with Crippen LogP contribution < -0.4 is 10.2 Å². The van der Waals surface area contributed by atoms with Crippen LogP contribution in [-0.2, 0) is 10.0 Å². The quantitative estimate of drug-likeness (QED) is 0.367. The van der Waals surface area contributed by atoms with Crippen LogP contribution in [0.3, 0.4) is 0 Å². The molecule has 1 aliphatic carbocycles. The Hall–Kier alpha value is -3.65. The van der Waals surface area contributed by atoms with Crippen molar-refractivity contribution in [2.24, 2.45) is 0 Å². The minimum absolute atomic E-state index is 0.0364. The fraction of sp³-hybridized carbons (Fsp3) is 0.435. The summed E-state index contributed by atoms with van der Waals surface area (Å²) in [5.74, 6) is 1.89. The summed E-state index contributed by atoms with van der Waals surface area (Å²) < 4.78 is 41.7. The van der Waals surface area contributed by atoms with Crippen LogP contribution in [0.15, 0.2) is 36.9 Å². The Kier molecular flexibility index (Phi) is 5.60. The van der Waals surface area contributed by atoms with Gasteiger partial charge in [-0.05, 0) is 32.8 Å². The summed E-state index contributed by atoms with van der Waals surface area (Å²) in [5, 5.41) is 22.1. The molecule has 4 aromatic heterocycles. The molecule has 1 aliphatic heterocycles. The standard InChI is InChI=1S/C23H26FN9O3S/c1-13(2)33-18-7-21(26-9-16(18)23(30-33)31-11-17(24)19(34)12-31)28-20-5-6-25-22(29-20)14-8-27-32(10-14)37(35,36)15-3-4-15/h5-10,13,15,17,19,34H,3-4,11-12H2,1-2H3,(H,25,26,28,29)/t17-,19-/m1/s1. The normalized spacial score (nSPS) is 20.3. The van der Waals surface area contributed by atoms with Gasteiger partial charge in [-0.2, -0.15) is 14.3 Å². The minimum atomic E-state index is -3.48. The zero-order chi connectivity index (χ0) is 25.9. The first-order valence-corrected chi connectivity index (χ1v) is 13.6. The first-order valence-electron chi connectivity index (χ1n) is 12.1. The van der Waals surface area contributed by atoms with Crippen molar-refractivity contribution in [3.05, 3.63) is 36.9 Å². The van der Waals surface area contributed by atoms with Gasteiger partial charge in [0.2, 0.25) is 0 Å². The van der Waals surface area contributed by atoms with E-state index in [2.05, 4.69) is 25.4 Å². The Morgan fingerprint density at radius 2 is 1.97 bits per heavy atom. The fourth-order valence-electron chi connectivity index (χ4n) is 4.41. The molecule has 6 rings (SSSR count). The van der Waals surface area contributed by atoms with Gasteiger partial charge in [-0.1, -0.05) is 0 Å². The second-order valence-corrected chi connectivity index (χ2v) is 11.7. The van der Waals surface area contributed by atoms with Gasteiger partial charge in [0.15, 0.2) is 11.6 Å². The average Bonchev–Trinajstić information content (AvgIpc) is 3.35. The molecular weight excluding hydrogens is 501 g/mol. The zero-order valence-electron chi connectivity index (χ0n) is 20.2. The van der Waals surface area contributed by atoms with Crippen molar-refractivity contribution in [1.29, 1.82) is 0 Å². The molecule has 0 unspecified atom stereocenters. The number of aliphatic hydroxyl groups is 1. The third kappa shape index (κ3) is 4.29. The third-order valence-corrected chi connectivity index (χ3v) is 8.55. The lowest BCUT2D eigenvalue weighted by molar-refractivity contribution is 0.118. The van der Waals surface area contributed by atoms with Gasteiger partial charge in [-0.3, -0.25) is 4.68 Å². The summed E-state index contributed by atoms with van der Waals surface area (Å²) in [6.07, 6.45) is 5.04. The van der Waals surface area contributed by atoms with Crippen LogP contribution in [0.25, 0.3) is 22.3 Å². The summed E-state index contributed by atoms with van der Waals surface area (Å²) in [6, 6.07) is 3.56. The second kappa shape index (κ2) is 8.73. The second-order valence-electron chi connectivity index (χ2n) is 9.67. The summed E-state index contributed by atoms with van der Waals surface area (Å²) in [5.41, 5.74) is 1.29. The number of fused-ring (bicyclic) bond motifs is 1. The van der Waals surface area contributed by atoms with Gasteiger partial charge in [0.1, 0.15) is 23.9 Å². The molecule has 2 fully saturated rings. The first-order chi connectivity index (χ1) is 17.7. The first kappa shape index (κ1) is 23.7. The Labute approximate surface area is 212 Å². The molecule has 2 atom stereocenters. The number of aromatic nitrogens is 7. The van der Waals surface area contributed by atoms with Crippen LogP contribution in [0.4, 0.5) is 21.8 Å². The van der Waals surface area contributed by atoms with E-state index in [9.17, 15) is 17.9 Å². The summed E-state index contributed by atoms with van der Waals surface area (Å²) in [4.78, 5) is 15.0. The van der Waals surface area contributed by atoms with Crippen LogP contribution >= 0.6 is 0 Å². The third-order valence-electron chi connectivity index (χ3n) is 6.52. The monoisotopic (exact) mass is 527 g/mol. The molecule has 1 saturated heterocycles. The van der Waals surface area contributed by atoms with Gasteiger partial charge in [0.25, 0.3) is 10.0 Å². The maximum atomic E-state index is 14.0. The van der Waals surface area contributed by atoms with Gasteiger partial charge >= 0.3 is 0 Å². The number of hydrogen-bond donors (Lipinski definition) is 2. The summed E-state index contributed by atoms with van der Waals surface area (Å²) in [7, 11) is -3.48. The van der Waals surface area contributed by atoms with Crippen molar-refractivity contribution >= 4 is 38.4 Å². The molecule has 1 saturated carbocycles. The number of halogens is 1. The molecule has 0 radical (unpaired) electrons. The van der Waals surface area contributed by atoms with Gasteiger partial charge in [0, 0.05) is 31.0 Å². The molecule has 0 aromatic carbocycles. The van der Waals surface area contributed by atoms with E-state index < -0.39 is 22.3 Å². The highest BCUT2D eigenvalue weighted by Gasteiger charge is 2.38. The molecule has 12 nitrogen and oxygen atoms in total. The zero-order valence-corrected chi connectivity index (χ0v) is 21.0. The number of hydrogen-bond acceptors (Lipinski definition) is 10. The predicted octanol–water partition coefficient (Wildman–Crippen LogP) is 2.27. The van der Waals surface area contributed by atoms with Gasteiger partial charge in [-0.15, -0.1) is 0 Å². The number of pyridine rings is 1. The molecule has 0 spiro atoms. The van der Waals surface area contributed by atoms with Crippen molar-refractivity contribution in [3.8, 4) is 11.4 Å². The van der Waals surface area contributed by atoms with E-state index in [0.29, 0.717) is 41.7 Å². The highest BCUT2D eigenvalue weighted by molar-refractivity contribution is 7.90. The van der Waals surface area contributed by atoms with E-state index >= 15 is 0 Å². The summed E-state index contributed by atoms with van der Waals surface area (Å²) >= 11 is 0. The van der Waals surface area contributed by atoms with E-state index in [1.165, 1.54) is 12.4 Å². The SMILES string of the molecule is CC(C)n1nc(N2C[C@@H](O)[C@H](F)C2)c2cnc(Nc3ccnc(-c4cnn(S(=O)(=O)C5CC5)c4)n3)cc21. The van der Waals surface area contributed by atoms with E-state index in [1.807, 2.05) is 24.6 Å². The number of nitrogens with zero attached hydrogens (tertiary/aromatic N) is 8. The Morgan fingerprint density at radius 3 is 2.68 bits per heavy atom. The van der Waals surface area contributed by atoms with Crippen LogP contribution in [0.5, 0.6) is 0 Å². The topological polar surface area (TPSA) is 144 Å². The molecule has 4 aromatic rings. The summed E-state index contributed by atoms with van der Waals surface area (Å²) in [6.45, 7) is 4.25. The number of aliphatic hydroxyl groups excluding tert-OH is 1. The number of rotatable bonds is 7. The number of β-amino-alcohol motifs (C(OH)–C–C–N with tert-alkyl or cyclic N) is 1. The Bertz CT molecular complexity index is 1570. The molecule has 5 heterocycles. The van der Waals surface area contributed by atoms with Crippen LogP contribution in [0.1, 0.15) is 32.7 Å². The van der Waals surface area contributed by atoms with Crippen molar-refractivity contribution in [3.63, 3.8) is 0 Å². The maximum absolute atomic E-state index is 14.0. The molecule has 0 amide bonds. The lowest BCUT2D eigenvalue weighted by atomic mass is 10.2. The van der Waals surface area contributed by atoms with Gasteiger partial charge in [-0.25, -0.2) is 27.8 Å². The number of anilines is 3. The maximum Gasteiger partial charge on any atom is 0.256 e. The molecule has 2 N–H and O–H groups in total. The van der Waals surface area contributed by atoms with E-state index in [1.54, 1.807) is 23.4 Å². The van der Waals surface area contributed by atoms with Crippen LogP contribution in [0, 0.1) is 0 Å². The van der Waals surface area contributed by atoms with Crippen molar-refractivity contribution < 1.29 is 17.9 Å². The smallest absolute Gasteiger partial charge is 0.256 e. The minimum Gasteiger partial charge on any atom is -0.388 e. The van der Waals surface area contributed by atoms with Gasteiger partial charge < -0.3 is 15.3 Å². The predicted molar refractivity (Wildman–Crippen MR) is 135 cm³/mol. The molecular formula is C23H26FN9O3S. The lowest BCUT2D eigenvalue weighted by Gasteiger charge is -2.14. The molecule has 14 heteroatoms. The highest BCUT2D eigenvalue weighted by atomic mass is 32.2. The van der Waals surface area contributed by atoms with Crippen molar-refractivity contribution in [1.82, 2.24) is 33.9 Å². The van der Waals surface area contributed by atoms with Crippen molar-refractivity contribution in [2.45, 2.75) is 50.3 Å². The number of nitrogens with one attached hydrogen (secondary N) is 1. The van der Waals surface area contributed by atoms with Crippen LogP contribution in [0.2, 0.25) is 0 Å². The van der Waals surface area contributed by atoms with Gasteiger partial charge in [0.05, 0.1) is 40.7 Å². The van der Waals surface area contributed by atoms with Crippen molar-refractivity contribution in [2.75, 3.05) is 23.3 Å². The Morgan fingerprint density at radius 1 is 1.16 bits per heavy atom. The van der Waals surface area contributed by atoms with E-state index in [4.69, 9.17) is 5.10 Å². The fourth-order valence-corrected chi connectivity index (χ4v) is 5.88. The van der Waals surface area contributed by atoms with E-state index in [0.717, 1.165) is 15.0 Å². The van der Waals surface area contributed by atoms with E-state index in [-0.39, 0.29) is 24.4 Å². The molecule has 194 valence electrons.